The van der Waals surface area contributed by atoms with Crippen LogP contribution in [-0.2, 0) is 15.7 Å². The monoisotopic (exact) mass is 576 g/mol. The highest BCUT2D eigenvalue weighted by Gasteiger charge is 2.33. The summed E-state index contributed by atoms with van der Waals surface area (Å²) in [5.74, 6) is -0.793. The molecule has 0 N–H and O–H groups in total. The summed E-state index contributed by atoms with van der Waals surface area (Å²) in [4.78, 5) is 26.2. The number of pyridine rings is 1. The van der Waals surface area contributed by atoms with Crippen molar-refractivity contribution in [3.05, 3.63) is 59.4 Å². The molecule has 1 amide bonds. The maximum absolute atomic E-state index is 13.2. The molecule has 0 unspecified atom stereocenters. The van der Waals surface area contributed by atoms with Crippen LogP contribution < -0.4 is 9.84 Å². The van der Waals surface area contributed by atoms with E-state index in [1.165, 1.54) is 6.08 Å². The van der Waals surface area contributed by atoms with Gasteiger partial charge < -0.3 is 24.0 Å². The minimum absolute atomic E-state index is 0.0356. The van der Waals surface area contributed by atoms with E-state index in [2.05, 4.69) is 21.5 Å². The number of carbonyl (C=O) groups excluding carboxylic acids is 1. The normalized spacial score (nSPS) is 20.5. The summed E-state index contributed by atoms with van der Waals surface area (Å²) in [6, 6.07) is 4.79. The summed E-state index contributed by atoms with van der Waals surface area (Å²) in [6.45, 7) is 5.39. The Balaban J connectivity index is 1.63. The third-order valence-corrected chi connectivity index (χ3v) is 7.28. The minimum Gasteiger partial charge on any atom is -0.858 e. The van der Waals surface area contributed by atoms with Gasteiger partial charge in [-0.15, -0.1) is 0 Å². The molecule has 13 heteroatoms. The molecule has 2 atom stereocenters. The highest BCUT2D eigenvalue weighted by atomic mass is 35.5. The van der Waals surface area contributed by atoms with E-state index in [0.29, 0.717) is 55.4 Å². The van der Waals surface area contributed by atoms with Crippen molar-refractivity contribution in [2.75, 3.05) is 26.3 Å². The van der Waals surface area contributed by atoms with Gasteiger partial charge in [0.2, 0.25) is 11.9 Å². The number of amides is 1. The average Bonchev–Trinajstić information content (AvgIpc) is 3.50. The number of alkyl halides is 3. The number of likely N-dealkylation sites (tertiary alicyclic amines) is 1. The lowest BCUT2D eigenvalue weighted by Crippen LogP contribution is -2.34. The number of imidazole rings is 1. The number of hydrogen-bond acceptors (Lipinski definition) is 7. The molecule has 40 heavy (non-hydrogen) atoms. The van der Waals surface area contributed by atoms with Crippen molar-refractivity contribution in [3.8, 4) is 5.75 Å². The second kappa shape index (κ2) is 11.5. The number of halogens is 4. The number of nitrogens with zero attached hydrogens (tertiary/aromatic N) is 5. The molecule has 4 heterocycles. The minimum atomic E-state index is -4.72. The molecule has 2 aliphatic rings. The van der Waals surface area contributed by atoms with E-state index in [4.69, 9.17) is 21.1 Å². The Hall–Kier alpha value is -3.64. The maximum Gasteiger partial charge on any atom is 0.433 e. The fraction of sp³-hybridized carbons (Fsp3) is 0.407. The number of rotatable bonds is 6. The molecule has 2 aromatic heterocycles. The fourth-order valence-electron chi connectivity index (χ4n) is 4.95. The van der Waals surface area contributed by atoms with Crippen LogP contribution in [0.5, 0.6) is 5.75 Å². The molecule has 2 saturated heterocycles. The third-order valence-electron chi connectivity index (χ3n) is 6.91. The molecule has 0 aliphatic carbocycles. The van der Waals surface area contributed by atoms with Gasteiger partial charge in [-0.3, -0.25) is 9.78 Å². The molecule has 0 spiro atoms. The molecule has 1 aromatic carbocycles. The van der Waals surface area contributed by atoms with Crippen LogP contribution in [0, 0.1) is 0 Å². The average molecular weight is 577 g/mol. The molecule has 5 rings (SSSR count). The van der Waals surface area contributed by atoms with Crippen molar-refractivity contribution in [2.45, 2.75) is 44.0 Å². The van der Waals surface area contributed by atoms with E-state index in [1.54, 1.807) is 21.6 Å². The quantitative estimate of drug-likeness (QED) is 0.244. The van der Waals surface area contributed by atoms with Gasteiger partial charge in [0.05, 0.1) is 30.3 Å². The first kappa shape index (κ1) is 27.9. The lowest BCUT2D eigenvalue weighted by atomic mass is 10.1. The second-order valence-electron chi connectivity index (χ2n) is 9.61. The van der Waals surface area contributed by atoms with Gasteiger partial charge in [-0.2, -0.15) is 13.2 Å². The van der Waals surface area contributed by atoms with E-state index in [9.17, 15) is 23.1 Å². The predicted octanol–water partition coefficient (Wildman–Crippen LogP) is 4.45. The van der Waals surface area contributed by atoms with Crippen LogP contribution in [-0.4, -0.2) is 63.6 Å². The van der Waals surface area contributed by atoms with Crippen molar-refractivity contribution in [1.29, 1.82) is 0 Å². The smallest absolute Gasteiger partial charge is 0.433 e. The summed E-state index contributed by atoms with van der Waals surface area (Å²) in [7, 11) is 0. The number of hydrogen-bond donors (Lipinski definition) is 0. The number of aromatic nitrogens is 3. The summed E-state index contributed by atoms with van der Waals surface area (Å²) in [6.07, 6.45) is 0.105. The molecular weight excluding hydrogens is 551 g/mol. The van der Waals surface area contributed by atoms with Gasteiger partial charge in [-0.05, 0) is 61.1 Å². The first-order valence-corrected chi connectivity index (χ1v) is 13.2. The van der Waals surface area contributed by atoms with Gasteiger partial charge in [0.1, 0.15) is 22.6 Å². The van der Waals surface area contributed by atoms with Gasteiger partial charge in [0.25, 0.3) is 0 Å². The topological polar surface area (TPSA) is 105 Å². The van der Waals surface area contributed by atoms with Crippen LogP contribution in [0.25, 0.3) is 11.0 Å². The standard InChI is InChI=1S/C27H27ClF3N5O4/c1-2-22(37)35-11-4-3-5-17(14-35)36-24-19(6-7-20(23(24)28)40-18-9-12-39-15-18)33-26(36)34-25(38)16-8-10-32-21(13-16)27(29,30)31/h2,6-8,10,13,17-18H,1,3-5,9,11-12,14-15H2,(H,33,34,38)/p-1/t17-,18-/m1/s1. The Morgan fingerprint density at radius 1 is 1.27 bits per heavy atom. The lowest BCUT2D eigenvalue weighted by Gasteiger charge is -2.26. The molecule has 2 aliphatic heterocycles. The predicted molar refractivity (Wildman–Crippen MR) is 140 cm³/mol. The van der Waals surface area contributed by atoms with Crippen LogP contribution in [0.1, 0.15) is 43.0 Å². The Labute approximate surface area is 232 Å². The van der Waals surface area contributed by atoms with Crippen LogP contribution in [0.15, 0.2) is 48.1 Å². The maximum atomic E-state index is 13.2. The van der Waals surface area contributed by atoms with Crippen LogP contribution in [0.2, 0.25) is 5.02 Å². The zero-order valence-corrected chi connectivity index (χ0v) is 22.1. The summed E-state index contributed by atoms with van der Waals surface area (Å²) in [5.41, 5.74) is -0.622. The van der Waals surface area contributed by atoms with Crippen LogP contribution in [0.3, 0.4) is 0 Å². The molecule has 0 radical (unpaired) electrons. The van der Waals surface area contributed by atoms with Crippen molar-refractivity contribution in [3.63, 3.8) is 0 Å². The molecular formula is C27H26ClF3N5O4-. The van der Waals surface area contributed by atoms with Crippen LogP contribution >= 0.6 is 11.6 Å². The molecule has 0 bridgehead atoms. The number of fused-ring (bicyclic) bond motifs is 1. The molecule has 9 nitrogen and oxygen atoms in total. The van der Waals surface area contributed by atoms with Crippen molar-refractivity contribution in [2.24, 2.45) is 4.99 Å². The lowest BCUT2D eigenvalue weighted by molar-refractivity contribution is -0.212. The highest BCUT2D eigenvalue weighted by Crippen LogP contribution is 2.40. The molecule has 2 fully saturated rings. The Bertz CT molecular complexity index is 1450. The zero-order valence-electron chi connectivity index (χ0n) is 21.4. The summed E-state index contributed by atoms with van der Waals surface area (Å²) < 4.78 is 52.8. The van der Waals surface area contributed by atoms with Crippen molar-refractivity contribution >= 4 is 40.4 Å². The van der Waals surface area contributed by atoms with Crippen LogP contribution in [0.4, 0.5) is 19.1 Å². The molecule has 212 valence electrons. The zero-order chi connectivity index (χ0) is 28.4. The van der Waals surface area contributed by atoms with E-state index in [1.807, 2.05) is 0 Å². The molecule has 3 aromatic rings. The largest absolute Gasteiger partial charge is 0.858 e. The Morgan fingerprint density at radius 2 is 2.10 bits per heavy atom. The van der Waals surface area contributed by atoms with Gasteiger partial charge in [0.15, 0.2) is 0 Å². The third kappa shape index (κ3) is 5.78. The van der Waals surface area contributed by atoms with E-state index >= 15 is 0 Å². The number of ether oxygens (including phenoxy) is 2. The summed E-state index contributed by atoms with van der Waals surface area (Å²) >= 11 is 6.87. The van der Waals surface area contributed by atoms with Gasteiger partial charge in [-0.1, -0.05) is 18.2 Å². The Kier molecular flexibility index (Phi) is 7.99. The van der Waals surface area contributed by atoms with E-state index in [-0.39, 0.29) is 41.1 Å². The van der Waals surface area contributed by atoms with E-state index in [0.717, 1.165) is 25.1 Å². The second-order valence-corrected chi connectivity index (χ2v) is 9.99. The molecule has 0 saturated carbocycles. The summed E-state index contributed by atoms with van der Waals surface area (Å²) in [5, 5.41) is 13.4. The Morgan fingerprint density at radius 3 is 2.83 bits per heavy atom. The number of carbonyl (C=O) groups is 1. The SMILES string of the molecule is C=CC(=O)N1CCCC[C@@H](n2c(/N=C(\[O-])c3ccnc(C(F)(F)F)c3)nc3ccc(O[C@@H]4CCOC4)c(Cl)c32)C1. The fourth-order valence-corrected chi connectivity index (χ4v) is 5.25. The van der Waals surface area contributed by atoms with E-state index < -0.39 is 17.8 Å². The van der Waals surface area contributed by atoms with Gasteiger partial charge in [0, 0.05) is 25.7 Å². The highest BCUT2D eigenvalue weighted by molar-refractivity contribution is 6.36. The van der Waals surface area contributed by atoms with Gasteiger partial charge in [-0.25, -0.2) is 9.98 Å². The van der Waals surface area contributed by atoms with Gasteiger partial charge >= 0.3 is 6.18 Å². The number of benzene rings is 1. The first-order chi connectivity index (χ1) is 19.2. The van der Waals surface area contributed by atoms with Crippen molar-refractivity contribution < 1.29 is 32.5 Å². The first-order valence-electron chi connectivity index (χ1n) is 12.8. The van der Waals surface area contributed by atoms with Crippen molar-refractivity contribution in [1.82, 2.24) is 19.4 Å². The number of aliphatic imine (C=N–C) groups is 1.